The van der Waals surface area contributed by atoms with E-state index in [0.717, 1.165) is 21.5 Å². The summed E-state index contributed by atoms with van der Waals surface area (Å²) in [6.45, 7) is 0. The van der Waals surface area contributed by atoms with E-state index in [0.29, 0.717) is 10.7 Å². The van der Waals surface area contributed by atoms with Gasteiger partial charge in [-0.15, -0.1) is 0 Å². The van der Waals surface area contributed by atoms with E-state index in [2.05, 4.69) is 4.98 Å². The zero-order valence-electron chi connectivity index (χ0n) is 16.2. The van der Waals surface area contributed by atoms with Crippen molar-refractivity contribution in [2.24, 2.45) is 0 Å². The fraction of sp³-hybridized carbons (Fsp3) is 0.0417. The molecule has 0 radical (unpaired) electrons. The van der Waals surface area contributed by atoms with Gasteiger partial charge in [-0.25, -0.2) is 9.78 Å². The van der Waals surface area contributed by atoms with Gasteiger partial charge in [-0.1, -0.05) is 53.8 Å². The van der Waals surface area contributed by atoms with Gasteiger partial charge in [-0.3, -0.25) is 9.69 Å². The van der Waals surface area contributed by atoms with Crippen molar-refractivity contribution in [3.63, 3.8) is 0 Å². The van der Waals surface area contributed by atoms with Crippen LogP contribution in [0.5, 0.6) is 0 Å². The SMILES string of the molecule is COC(=O)c1ccc(/C=C/C(=O)N(c2ccccc2)c2nc3ccccc3s2)cc1. The Morgan fingerprint density at radius 3 is 2.33 bits per heavy atom. The quantitative estimate of drug-likeness (QED) is 0.321. The first kappa shape index (κ1) is 19.5. The van der Waals surface area contributed by atoms with Crippen molar-refractivity contribution < 1.29 is 14.3 Å². The second kappa shape index (κ2) is 8.71. The third kappa shape index (κ3) is 4.14. The summed E-state index contributed by atoms with van der Waals surface area (Å²) in [6, 6.07) is 24.1. The molecule has 0 N–H and O–H groups in total. The molecule has 0 bridgehead atoms. The van der Waals surface area contributed by atoms with Gasteiger partial charge in [0.15, 0.2) is 5.13 Å². The Labute approximate surface area is 177 Å². The number of methoxy groups -OCH3 is 1. The van der Waals surface area contributed by atoms with Crippen LogP contribution in [0.25, 0.3) is 16.3 Å². The highest BCUT2D eigenvalue weighted by atomic mass is 32.1. The van der Waals surface area contributed by atoms with Gasteiger partial charge in [-0.2, -0.15) is 0 Å². The lowest BCUT2D eigenvalue weighted by Crippen LogP contribution is -2.23. The average Bonchev–Trinajstić information content (AvgIpc) is 3.22. The number of carbonyl (C=O) groups excluding carboxylic acids is 2. The molecule has 0 saturated carbocycles. The van der Waals surface area contributed by atoms with Gasteiger partial charge < -0.3 is 4.74 Å². The highest BCUT2D eigenvalue weighted by Gasteiger charge is 2.19. The molecule has 0 atom stereocenters. The lowest BCUT2D eigenvalue weighted by atomic mass is 10.1. The molecule has 0 fully saturated rings. The standard InChI is InChI=1S/C24H18N2O3S/c1-29-23(28)18-14-11-17(12-15-18)13-16-22(27)26(19-7-3-2-4-8-19)24-25-20-9-5-6-10-21(20)30-24/h2-16H,1H3/b16-13+. The van der Waals surface area contributed by atoms with Crippen LogP contribution in [0.15, 0.2) is 84.9 Å². The first-order chi connectivity index (χ1) is 14.7. The maximum Gasteiger partial charge on any atom is 0.337 e. The highest BCUT2D eigenvalue weighted by molar-refractivity contribution is 7.22. The van der Waals surface area contributed by atoms with Gasteiger partial charge in [0.25, 0.3) is 5.91 Å². The number of fused-ring (bicyclic) bond motifs is 1. The summed E-state index contributed by atoms with van der Waals surface area (Å²) >= 11 is 1.47. The molecule has 4 aromatic rings. The number of rotatable bonds is 5. The number of hydrogen-bond acceptors (Lipinski definition) is 5. The Bertz CT molecular complexity index is 1180. The minimum absolute atomic E-state index is 0.211. The Kier molecular flexibility index (Phi) is 5.68. The first-order valence-corrected chi connectivity index (χ1v) is 10.1. The molecule has 0 saturated heterocycles. The first-order valence-electron chi connectivity index (χ1n) is 9.27. The summed E-state index contributed by atoms with van der Waals surface area (Å²) in [5.74, 6) is -0.606. The number of hydrogen-bond donors (Lipinski definition) is 0. The number of thiazole rings is 1. The summed E-state index contributed by atoms with van der Waals surface area (Å²) in [6.07, 6.45) is 3.22. The Hall–Kier alpha value is -3.77. The van der Waals surface area contributed by atoms with Crippen molar-refractivity contribution in [3.8, 4) is 0 Å². The van der Waals surface area contributed by atoms with E-state index in [1.54, 1.807) is 35.2 Å². The van der Waals surface area contributed by atoms with Crippen LogP contribution in [0.1, 0.15) is 15.9 Å². The lowest BCUT2D eigenvalue weighted by Gasteiger charge is -2.18. The van der Waals surface area contributed by atoms with E-state index in [1.165, 1.54) is 24.5 Å². The molecule has 30 heavy (non-hydrogen) atoms. The Balaban J connectivity index is 1.64. The smallest absolute Gasteiger partial charge is 0.337 e. The largest absolute Gasteiger partial charge is 0.465 e. The number of aromatic nitrogens is 1. The van der Waals surface area contributed by atoms with Gasteiger partial charge in [0.2, 0.25) is 0 Å². The normalized spacial score (nSPS) is 11.0. The maximum atomic E-state index is 13.1. The van der Waals surface area contributed by atoms with E-state index >= 15 is 0 Å². The van der Waals surface area contributed by atoms with Crippen LogP contribution >= 0.6 is 11.3 Å². The molecule has 0 aliphatic carbocycles. The van der Waals surface area contributed by atoms with E-state index in [9.17, 15) is 9.59 Å². The van der Waals surface area contributed by atoms with Crippen molar-refractivity contribution in [2.45, 2.75) is 0 Å². The zero-order valence-corrected chi connectivity index (χ0v) is 17.0. The monoisotopic (exact) mass is 414 g/mol. The number of benzene rings is 3. The molecule has 148 valence electrons. The Morgan fingerprint density at radius 2 is 1.63 bits per heavy atom. The topological polar surface area (TPSA) is 59.5 Å². The number of anilines is 2. The third-order valence-corrected chi connectivity index (χ3v) is 5.48. The predicted octanol–water partition coefficient (Wildman–Crippen LogP) is 5.46. The van der Waals surface area contributed by atoms with Crippen molar-refractivity contribution >= 4 is 50.3 Å². The second-order valence-corrected chi connectivity index (χ2v) is 7.43. The number of carbonyl (C=O) groups is 2. The van der Waals surface area contributed by atoms with Gasteiger partial charge in [-0.05, 0) is 48.0 Å². The van der Waals surface area contributed by atoms with Crippen LogP contribution in [-0.2, 0) is 9.53 Å². The summed E-state index contributed by atoms with van der Waals surface area (Å²) in [4.78, 5) is 31.0. The molecular weight excluding hydrogens is 396 g/mol. The van der Waals surface area contributed by atoms with E-state index in [4.69, 9.17) is 4.74 Å². The molecular formula is C24H18N2O3S. The van der Waals surface area contributed by atoms with E-state index in [-0.39, 0.29) is 5.91 Å². The molecule has 0 spiro atoms. The van der Waals surface area contributed by atoms with Crippen LogP contribution in [0.4, 0.5) is 10.8 Å². The zero-order chi connectivity index (χ0) is 20.9. The van der Waals surface area contributed by atoms with Crippen molar-refractivity contribution in [3.05, 3.63) is 96.1 Å². The molecule has 3 aromatic carbocycles. The molecule has 5 nitrogen and oxygen atoms in total. The molecule has 4 rings (SSSR count). The van der Waals surface area contributed by atoms with Crippen LogP contribution in [0.3, 0.4) is 0 Å². The molecule has 0 aliphatic heterocycles. The molecule has 1 amide bonds. The predicted molar refractivity (Wildman–Crippen MR) is 120 cm³/mol. The maximum absolute atomic E-state index is 13.1. The number of ether oxygens (including phenoxy) is 1. The van der Waals surface area contributed by atoms with Gasteiger partial charge in [0.1, 0.15) is 0 Å². The minimum atomic E-state index is -0.396. The number of para-hydroxylation sites is 2. The summed E-state index contributed by atoms with van der Waals surface area (Å²) < 4.78 is 5.72. The van der Waals surface area contributed by atoms with Crippen molar-refractivity contribution in [1.82, 2.24) is 4.98 Å². The Morgan fingerprint density at radius 1 is 0.933 bits per heavy atom. The fourth-order valence-electron chi connectivity index (χ4n) is 2.95. The highest BCUT2D eigenvalue weighted by Crippen LogP contribution is 2.33. The average molecular weight is 414 g/mol. The molecule has 6 heteroatoms. The van der Waals surface area contributed by atoms with E-state index in [1.807, 2.05) is 54.6 Å². The summed E-state index contributed by atoms with van der Waals surface area (Å²) in [5, 5.41) is 0.609. The van der Waals surface area contributed by atoms with Crippen LogP contribution in [0.2, 0.25) is 0 Å². The van der Waals surface area contributed by atoms with Gasteiger partial charge in [0, 0.05) is 6.08 Å². The fourth-order valence-corrected chi connectivity index (χ4v) is 3.95. The van der Waals surface area contributed by atoms with Crippen molar-refractivity contribution in [2.75, 3.05) is 12.0 Å². The molecule has 1 aromatic heterocycles. The third-order valence-electron chi connectivity index (χ3n) is 4.46. The van der Waals surface area contributed by atoms with E-state index < -0.39 is 5.97 Å². The van der Waals surface area contributed by atoms with Crippen LogP contribution in [0, 0.1) is 0 Å². The molecule has 0 unspecified atom stereocenters. The lowest BCUT2D eigenvalue weighted by molar-refractivity contribution is -0.113. The van der Waals surface area contributed by atoms with Crippen LogP contribution in [-0.4, -0.2) is 24.0 Å². The summed E-state index contributed by atoms with van der Waals surface area (Å²) in [7, 11) is 1.34. The number of nitrogens with zero attached hydrogens (tertiary/aromatic N) is 2. The van der Waals surface area contributed by atoms with Gasteiger partial charge >= 0.3 is 5.97 Å². The number of esters is 1. The molecule has 0 aliphatic rings. The van der Waals surface area contributed by atoms with Gasteiger partial charge in [0.05, 0.1) is 28.6 Å². The summed E-state index contributed by atoms with van der Waals surface area (Å²) in [5.41, 5.74) is 2.86. The number of amides is 1. The van der Waals surface area contributed by atoms with Crippen LogP contribution < -0.4 is 4.90 Å². The molecule has 1 heterocycles. The van der Waals surface area contributed by atoms with Crippen molar-refractivity contribution in [1.29, 1.82) is 0 Å². The minimum Gasteiger partial charge on any atom is -0.465 e. The second-order valence-electron chi connectivity index (χ2n) is 6.42.